The van der Waals surface area contributed by atoms with Gasteiger partial charge in [-0.05, 0) is 42.4 Å². The molecule has 0 saturated carbocycles. The Morgan fingerprint density at radius 1 is 0.972 bits per heavy atom. The number of benzene rings is 1. The number of likely N-dealkylation sites (N-methyl/N-ethyl adjacent to an activating group) is 1. The fourth-order valence-electron chi connectivity index (χ4n) is 5.14. The van der Waals surface area contributed by atoms with Gasteiger partial charge in [0.1, 0.15) is 11.5 Å². The maximum absolute atomic E-state index is 12.4. The van der Waals surface area contributed by atoms with E-state index in [9.17, 15) is 4.79 Å². The van der Waals surface area contributed by atoms with E-state index in [1.807, 2.05) is 36.8 Å². The quantitative estimate of drug-likeness (QED) is 0.406. The van der Waals surface area contributed by atoms with E-state index in [0.717, 1.165) is 76.7 Å². The predicted molar refractivity (Wildman–Crippen MR) is 144 cm³/mol. The highest BCUT2D eigenvalue weighted by molar-refractivity contribution is 6.00. The van der Waals surface area contributed by atoms with Crippen LogP contribution >= 0.6 is 0 Å². The normalized spacial score (nSPS) is 17.6. The molecule has 36 heavy (non-hydrogen) atoms. The number of carbonyl (C=O) groups excluding carboxylic acids is 1. The van der Waals surface area contributed by atoms with Gasteiger partial charge in [0.25, 0.3) is 5.91 Å². The smallest absolute Gasteiger partial charge is 0.251 e. The highest BCUT2D eigenvalue weighted by Crippen LogP contribution is 2.36. The van der Waals surface area contributed by atoms with Crippen molar-refractivity contribution in [3.05, 3.63) is 66.1 Å². The first-order valence-electron chi connectivity index (χ1n) is 12.4. The van der Waals surface area contributed by atoms with Crippen LogP contribution < -0.4 is 15.5 Å². The predicted octanol–water partition coefficient (Wildman–Crippen LogP) is 4.14. The first-order valence-corrected chi connectivity index (χ1v) is 12.4. The SMILES string of the molecule is CN1CCN(c2cc(Nc3cnc4[nH]cc(-c5ccc6c(c5)C(C)(C)CNC6=O)c4c3)ccn2)CC1. The van der Waals surface area contributed by atoms with Gasteiger partial charge in [0.05, 0.1) is 11.9 Å². The van der Waals surface area contributed by atoms with Gasteiger partial charge in [-0.15, -0.1) is 0 Å². The van der Waals surface area contributed by atoms with Crippen LogP contribution in [0.3, 0.4) is 0 Å². The van der Waals surface area contributed by atoms with Crippen molar-refractivity contribution in [1.82, 2.24) is 25.2 Å². The number of rotatable bonds is 4. The third-order valence-corrected chi connectivity index (χ3v) is 7.39. The number of fused-ring (bicyclic) bond motifs is 2. The largest absolute Gasteiger partial charge is 0.354 e. The highest BCUT2D eigenvalue weighted by Gasteiger charge is 2.31. The van der Waals surface area contributed by atoms with Gasteiger partial charge in [-0.3, -0.25) is 4.79 Å². The lowest BCUT2D eigenvalue weighted by Gasteiger charge is -2.33. The number of aromatic amines is 1. The average molecular weight is 482 g/mol. The zero-order valence-corrected chi connectivity index (χ0v) is 20.9. The molecule has 2 aliphatic heterocycles. The Bertz CT molecular complexity index is 1450. The lowest BCUT2D eigenvalue weighted by atomic mass is 9.78. The summed E-state index contributed by atoms with van der Waals surface area (Å²) in [5.41, 5.74) is 6.58. The van der Waals surface area contributed by atoms with E-state index < -0.39 is 0 Å². The van der Waals surface area contributed by atoms with Crippen molar-refractivity contribution < 1.29 is 4.79 Å². The van der Waals surface area contributed by atoms with Crippen LogP contribution in [-0.4, -0.2) is 65.5 Å². The van der Waals surface area contributed by atoms with Crippen LogP contribution in [0.4, 0.5) is 17.2 Å². The summed E-state index contributed by atoms with van der Waals surface area (Å²) < 4.78 is 0. The molecule has 4 aromatic rings. The third kappa shape index (κ3) is 4.07. The van der Waals surface area contributed by atoms with Crippen LogP contribution in [0, 0.1) is 0 Å². The van der Waals surface area contributed by atoms with Gasteiger partial charge in [0.2, 0.25) is 0 Å². The summed E-state index contributed by atoms with van der Waals surface area (Å²) in [4.78, 5) is 29.6. The van der Waals surface area contributed by atoms with Crippen LogP contribution in [-0.2, 0) is 5.41 Å². The number of hydrogen-bond donors (Lipinski definition) is 3. The summed E-state index contributed by atoms with van der Waals surface area (Å²) in [6.45, 7) is 9.01. The third-order valence-electron chi connectivity index (χ3n) is 7.39. The van der Waals surface area contributed by atoms with E-state index in [4.69, 9.17) is 0 Å². The summed E-state index contributed by atoms with van der Waals surface area (Å²) in [6, 6.07) is 12.3. The number of anilines is 3. The molecule has 184 valence electrons. The van der Waals surface area contributed by atoms with Gasteiger partial charge < -0.3 is 25.4 Å². The molecule has 3 N–H and O–H groups in total. The molecule has 0 unspecified atom stereocenters. The van der Waals surface area contributed by atoms with Gasteiger partial charge in [0.15, 0.2) is 0 Å². The summed E-state index contributed by atoms with van der Waals surface area (Å²) in [7, 11) is 2.16. The van der Waals surface area contributed by atoms with Crippen molar-refractivity contribution in [3.8, 4) is 11.1 Å². The number of piperazine rings is 1. The van der Waals surface area contributed by atoms with Crippen molar-refractivity contribution >= 4 is 34.1 Å². The monoisotopic (exact) mass is 481 g/mol. The van der Waals surface area contributed by atoms with Gasteiger partial charge in [-0.1, -0.05) is 19.9 Å². The van der Waals surface area contributed by atoms with Gasteiger partial charge >= 0.3 is 0 Å². The molecule has 0 atom stereocenters. The number of nitrogens with zero attached hydrogens (tertiary/aromatic N) is 4. The van der Waals surface area contributed by atoms with E-state index in [1.54, 1.807) is 0 Å². The van der Waals surface area contributed by atoms with E-state index in [-0.39, 0.29) is 11.3 Å². The number of carbonyl (C=O) groups is 1. The van der Waals surface area contributed by atoms with Crippen LogP contribution in [0.25, 0.3) is 22.2 Å². The Morgan fingerprint density at radius 3 is 2.64 bits per heavy atom. The second-order valence-corrected chi connectivity index (χ2v) is 10.5. The van der Waals surface area contributed by atoms with Crippen LogP contribution in [0.2, 0.25) is 0 Å². The second-order valence-electron chi connectivity index (χ2n) is 10.5. The molecule has 8 nitrogen and oxygen atoms in total. The molecular formula is C28H31N7O. The molecule has 0 aliphatic carbocycles. The van der Waals surface area contributed by atoms with Crippen molar-refractivity contribution in [1.29, 1.82) is 0 Å². The maximum atomic E-state index is 12.4. The molecule has 0 bridgehead atoms. The fourth-order valence-corrected chi connectivity index (χ4v) is 5.14. The van der Waals surface area contributed by atoms with Crippen LogP contribution in [0.15, 0.2) is 55.0 Å². The van der Waals surface area contributed by atoms with Crippen molar-refractivity contribution in [2.45, 2.75) is 19.3 Å². The van der Waals surface area contributed by atoms with E-state index in [0.29, 0.717) is 6.54 Å². The van der Waals surface area contributed by atoms with Gasteiger partial charge in [0, 0.05) is 78.8 Å². The molecule has 6 rings (SSSR count). The molecular weight excluding hydrogens is 450 g/mol. The summed E-state index contributed by atoms with van der Waals surface area (Å²) in [6.07, 6.45) is 5.70. The maximum Gasteiger partial charge on any atom is 0.251 e. The zero-order valence-electron chi connectivity index (χ0n) is 20.9. The minimum atomic E-state index is -0.126. The first-order chi connectivity index (χ1) is 17.4. The van der Waals surface area contributed by atoms with Crippen LogP contribution in [0.1, 0.15) is 29.8 Å². The van der Waals surface area contributed by atoms with E-state index in [1.165, 1.54) is 0 Å². The zero-order chi connectivity index (χ0) is 24.9. The summed E-state index contributed by atoms with van der Waals surface area (Å²) in [5.74, 6) is 0.987. The molecule has 0 radical (unpaired) electrons. The van der Waals surface area contributed by atoms with Crippen molar-refractivity contribution in [2.24, 2.45) is 0 Å². The molecule has 1 aromatic carbocycles. The summed E-state index contributed by atoms with van der Waals surface area (Å²) in [5, 5.41) is 7.55. The molecule has 1 fully saturated rings. The molecule has 1 amide bonds. The standard InChI is InChI=1S/C28H31N7O/c1-28(2)17-32-27(36)21-5-4-18(12-24(21)28)23-16-31-26-22(23)13-20(15-30-26)33-19-6-7-29-25(14-19)35-10-8-34(3)9-11-35/h4-7,12-16H,8-11,17H2,1-3H3,(H,29,33)(H,30,31)(H,32,36). The Balaban J connectivity index is 1.31. The molecule has 5 heterocycles. The van der Waals surface area contributed by atoms with Crippen molar-refractivity contribution in [3.63, 3.8) is 0 Å². The lowest BCUT2D eigenvalue weighted by Crippen LogP contribution is -2.44. The van der Waals surface area contributed by atoms with Gasteiger partial charge in [-0.2, -0.15) is 0 Å². The molecule has 3 aromatic heterocycles. The Labute approximate surface area is 210 Å². The number of pyridine rings is 2. The van der Waals surface area contributed by atoms with Crippen molar-refractivity contribution in [2.75, 3.05) is 50.0 Å². The van der Waals surface area contributed by atoms with Crippen LogP contribution in [0.5, 0.6) is 0 Å². The number of hydrogen-bond acceptors (Lipinski definition) is 6. The number of H-pyrrole nitrogens is 1. The minimum Gasteiger partial charge on any atom is -0.354 e. The Hall–Kier alpha value is -3.91. The Morgan fingerprint density at radius 2 is 1.81 bits per heavy atom. The number of nitrogens with one attached hydrogen (secondary N) is 3. The molecule has 1 saturated heterocycles. The van der Waals surface area contributed by atoms with E-state index in [2.05, 4.69) is 74.5 Å². The lowest BCUT2D eigenvalue weighted by molar-refractivity contribution is 0.0930. The van der Waals surface area contributed by atoms with E-state index >= 15 is 0 Å². The average Bonchev–Trinajstić information content (AvgIpc) is 3.30. The molecule has 2 aliphatic rings. The Kier molecular flexibility index (Phi) is 5.41. The van der Waals surface area contributed by atoms with Gasteiger partial charge in [-0.25, -0.2) is 9.97 Å². The minimum absolute atomic E-state index is 0.00347. The number of amides is 1. The summed E-state index contributed by atoms with van der Waals surface area (Å²) >= 11 is 0. The fraction of sp³-hybridized carbons (Fsp3) is 0.321. The molecule has 8 heteroatoms. The first kappa shape index (κ1) is 22.5. The highest BCUT2D eigenvalue weighted by atomic mass is 16.1. The topological polar surface area (TPSA) is 89.2 Å². The molecule has 0 spiro atoms. The number of aromatic nitrogens is 3. The second kappa shape index (κ2) is 8.64.